The summed E-state index contributed by atoms with van der Waals surface area (Å²) < 4.78 is 38.6. The van der Waals surface area contributed by atoms with E-state index in [1.54, 1.807) is 6.26 Å². The van der Waals surface area contributed by atoms with E-state index in [1.165, 1.54) is 11.8 Å². The molecule has 5 heteroatoms. The van der Waals surface area contributed by atoms with Gasteiger partial charge in [0.05, 0.1) is 0 Å². The van der Waals surface area contributed by atoms with Gasteiger partial charge in [-0.25, -0.2) is 13.2 Å². The largest absolute Gasteiger partial charge is 0.323 e. The Balaban J connectivity index is 3.07. The van der Waals surface area contributed by atoms with E-state index in [-0.39, 0.29) is 5.56 Å². The average molecular weight is 221 g/mol. The zero-order chi connectivity index (χ0) is 10.7. The first-order chi connectivity index (χ1) is 6.56. The van der Waals surface area contributed by atoms with E-state index >= 15 is 0 Å². The minimum Gasteiger partial charge on any atom is -0.323 e. The summed E-state index contributed by atoms with van der Waals surface area (Å²) in [5.74, 6) is -2.65. The van der Waals surface area contributed by atoms with Crippen molar-refractivity contribution in [2.45, 2.75) is 6.04 Å². The molecular weight excluding hydrogens is 211 g/mol. The van der Waals surface area contributed by atoms with Gasteiger partial charge >= 0.3 is 0 Å². The molecule has 78 valence electrons. The summed E-state index contributed by atoms with van der Waals surface area (Å²) in [6.45, 7) is 0. The van der Waals surface area contributed by atoms with Crippen LogP contribution in [0.2, 0.25) is 0 Å². The Kier molecular flexibility index (Phi) is 3.83. The van der Waals surface area contributed by atoms with E-state index < -0.39 is 23.5 Å². The Morgan fingerprint density at radius 3 is 2.57 bits per heavy atom. The lowest BCUT2D eigenvalue weighted by molar-refractivity contribution is 0.479. The highest BCUT2D eigenvalue weighted by Gasteiger charge is 2.16. The van der Waals surface area contributed by atoms with Gasteiger partial charge in [-0.3, -0.25) is 0 Å². The van der Waals surface area contributed by atoms with Crippen molar-refractivity contribution < 1.29 is 13.2 Å². The van der Waals surface area contributed by atoms with Gasteiger partial charge in [-0.2, -0.15) is 11.8 Å². The summed E-state index contributed by atoms with van der Waals surface area (Å²) in [6, 6.07) is 0.749. The molecular formula is C9H10F3NS. The molecule has 1 rings (SSSR count). The normalized spacial score (nSPS) is 12.9. The maximum atomic E-state index is 13.1. The quantitative estimate of drug-likeness (QED) is 0.793. The number of rotatable bonds is 3. The molecule has 0 saturated carbocycles. The molecule has 2 N–H and O–H groups in total. The fourth-order valence-corrected chi connectivity index (χ4v) is 1.65. The molecule has 0 spiro atoms. The van der Waals surface area contributed by atoms with Crippen LogP contribution in [-0.4, -0.2) is 12.0 Å². The predicted octanol–water partition coefficient (Wildman–Crippen LogP) is 2.47. The van der Waals surface area contributed by atoms with E-state index in [4.69, 9.17) is 5.73 Å². The predicted molar refractivity (Wildman–Crippen MR) is 51.6 cm³/mol. The second-order valence-electron chi connectivity index (χ2n) is 2.85. The van der Waals surface area contributed by atoms with E-state index in [1.807, 2.05) is 0 Å². The Morgan fingerprint density at radius 1 is 1.36 bits per heavy atom. The minimum absolute atomic E-state index is 0.114. The van der Waals surface area contributed by atoms with Crippen LogP contribution in [0.3, 0.4) is 0 Å². The minimum atomic E-state index is -1.20. The van der Waals surface area contributed by atoms with E-state index in [0.717, 1.165) is 6.07 Å². The summed E-state index contributed by atoms with van der Waals surface area (Å²) in [7, 11) is 0. The zero-order valence-electron chi connectivity index (χ0n) is 7.56. The second-order valence-corrected chi connectivity index (χ2v) is 3.76. The smallest absolute Gasteiger partial charge is 0.163 e. The molecule has 14 heavy (non-hydrogen) atoms. The maximum Gasteiger partial charge on any atom is 0.163 e. The molecule has 0 bridgehead atoms. The van der Waals surface area contributed by atoms with Crippen molar-refractivity contribution in [2.75, 3.05) is 12.0 Å². The van der Waals surface area contributed by atoms with E-state index in [0.29, 0.717) is 11.8 Å². The third kappa shape index (κ3) is 2.42. The summed E-state index contributed by atoms with van der Waals surface area (Å²) in [4.78, 5) is 0. The number of benzene rings is 1. The molecule has 0 fully saturated rings. The van der Waals surface area contributed by atoms with Crippen LogP contribution >= 0.6 is 11.8 Å². The van der Waals surface area contributed by atoms with Crippen LogP contribution in [0.1, 0.15) is 11.6 Å². The van der Waals surface area contributed by atoms with E-state index in [9.17, 15) is 13.2 Å². The lowest BCUT2D eigenvalue weighted by atomic mass is 10.1. The lowest BCUT2D eigenvalue weighted by Gasteiger charge is -2.11. The van der Waals surface area contributed by atoms with Crippen molar-refractivity contribution in [3.8, 4) is 0 Å². The average Bonchev–Trinajstić information content (AvgIpc) is 2.11. The highest BCUT2D eigenvalue weighted by Crippen LogP contribution is 2.21. The summed E-state index contributed by atoms with van der Waals surface area (Å²) in [5, 5.41) is 0. The number of hydrogen-bond donors (Lipinski definition) is 1. The van der Waals surface area contributed by atoms with Crippen LogP contribution in [0.25, 0.3) is 0 Å². The Hall–Kier alpha value is -0.680. The van der Waals surface area contributed by atoms with Gasteiger partial charge in [0, 0.05) is 23.4 Å². The Bertz CT molecular complexity index is 330. The molecule has 0 saturated heterocycles. The highest BCUT2D eigenvalue weighted by atomic mass is 32.2. The molecule has 0 heterocycles. The topological polar surface area (TPSA) is 26.0 Å². The first-order valence-corrected chi connectivity index (χ1v) is 5.34. The third-order valence-corrected chi connectivity index (χ3v) is 2.46. The van der Waals surface area contributed by atoms with Gasteiger partial charge in [-0.15, -0.1) is 0 Å². The molecule has 1 unspecified atom stereocenters. The zero-order valence-corrected chi connectivity index (χ0v) is 8.38. The monoisotopic (exact) mass is 221 g/mol. The molecule has 0 aromatic heterocycles. The van der Waals surface area contributed by atoms with Gasteiger partial charge in [0.2, 0.25) is 0 Å². The summed E-state index contributed by atoms with van der Waals surface area (Å²) in [6.07, 6.45) is 1.79. The molecule has 0 aliphatic carbocycles. The van der Waals surface area contributed by atoms with E-state index in [2.05, 4.69) is 0 Å². The van der Waals surface area contributed by atoms with Crippen LogP contribution in [0.5, 0.6) is 0 Å². The van der Waals surface area contributed by atoms with Gasteiger partial charge in [0.25, 0.3) is 0 Å². The van der Waals surface area contributed by atoms with Crippen molar-refractivity contribution in [2.24, 2.45) is 5.73 Å². The van der Waals surface area contributed by atoms with Gasteiger partial charge in [-0.05, 0) is 12.3 Å². The number of nitrogens with two attached hydrogens (primary N) is 1. The highest BCUT2D eigenvalue weighted by molar-refractivity contribution is 7.98. The molecule has 1 aromatic carbocycles. The van der Waals surface area contributed by atoms with Crippen molar-refractivity contribution in [3.63, 3.8) is 0 Å². The molecule has 0 aliphatic heterocycles. The van der Waals surface area contributed by atoms with Crippen LogP contribution in [0, 0.1) is 17.5 Å². The van der Waals surface area contributed by atoms with Crippen LogP contribution in [0.15, 0.2) is 12.1 Å². The SMILES string of the molecule is CSCC(N)c1cc(F)cc(F)c1F. The lowest BCUT2D eigenvalue weighted by Crippen LogP contribution is -2.15. The first kappa shape index (κ1) is 11.4. The van der Waals surface area contributed by atoms with Crippen molar-refractivity contribution in [1.29, 1.82) is 0 Å². The Labute approximate surface area is 84.5 Å². The molecule has 1 atom stereocenters. The molecule has 0 amide bonds. The molecule has 1 nitrogen and oxygen atoms in total. The van der Waals surface area contributed by atoms with Crippen molar-refractivity contribution in [3.05, 3.63) is 35.1 Å². The second kappa shape index (κ2) is 4.70. The third-order valence-electron chi connectivity index (χ3n) is 1.77. The van der Waals surface area contributed by atoms with Gasteiger partial charge in [-0.1, -0.05) is 0 Å². The van der Waals surface area contributed by atoms with Crippen LogP contribution in [0.4, 0.5) is 13.2 Å². The fourth-order valence-electron chi connectivity index (χ4n) is 1.12. The molecule has 0 aliphatic rings. The Morgan fingerprint density at radius 2 is 2.00 bits per heavy atom. The van der Waals surface area contributed by atoms with Crippen LogP contribution in [-0.2, 0) is 0 Å². The van der Waals surface area contributed by atoms with Gasteiger partial charge in [0.1, 0.15) is 5.82 Å². The van der Waals surface area contributed by atoms with Gasteiger partial charge < -0.3 is 5.73 Å². The maximum absolute atomic E-state index is 13.1. The molecule has 0 radical (unpaired) electrons. The summed E-state index contributed by atoms with van der Waals surface area (Å²) in [5.41, 5.74) is 5.44. The standard InChI is InChI=1S/C9H10F3NS/c1-14-4-8(13)6-2-5(10)3-7(11)9(6)12/h2-3,8H,4,13H2,1H3. The molecule has 1 aromatic rings. The number of thioether (sulfide) groups is 1. The van der Waals surface area contributed by atoms with Crippen molar-refractivity contribution in [1.82, 2.24) is 0 Å². The van der Waals surface area contributed by atoms with Gasteiger partial charge in [0.15, 0.2) is 11.6 Å². The van der Waals surface area contributed by atoms with Crippen LogP contribution < -0.4 is 5.73 Å². The number of halogens is 3. The summed E-state index contributed by atoms with van der Waals surface area (Å²) >= 11 is 1.39. The fraction of sp³-hybridized carbons (Fsp3) is 0.333. The number of hydrogen-bond acceptors (Lipinski definition) is 2. The van der Waals surface area contributed by atoms with Crippen molar-refractivity contribution >= 4 is 11.8 Å². The first-order valence-electron chi connectivity index (χ1n) is 3.95.